The molecular formula is C19H11Cl3F3N3O2S. The Bertz CT molecular complexity index is 1190. The van der Waals surface area contributed by atoms with Crippen LogP contribution in [0.1, 0.15) is 40.4 Å². The van der Waals surface area contributed by atoms with Gasteiger partial charge in [0.2, 0.25) is 11.3 Å². The minimum atomic E-state index is -4.80. The van der Waals surface area contributed by atoms with Gasteiger partial charge in [0.15, 0.2) is 5.82 Å². The van der Waals surface area contributed by atoms with E-state index in [0.29, 0.717) is 16.1 Å². The molecule has 0 spiro atoms. The third kappa shape index (κ3) is 4.11. The zero-order valence-corrected chi connectivity index (χ0v) is 18.5. The lowest BCUT2D eigenvalue weighted by atomic mass is 10.0. The first-order valence-corrected chi connectivity index (χ1v) is 10.7. The molecule has 0 saturated carbocycles. The molecule has 12 heteroatoms. The number of thioether (sulfide) groups is 1. The number of ether oxygens (including phenoxy) is 1. The number of hydrogen-bond acceptors (Lipinski definition) is 5. The number of carbonyl (C=O) groups is 1. The number of alkyl halides is 3. The van der Waals surface area contributed by atoms with E-state index in [4.69, 9.17) is 39.5 Å². The van der Waals surface area contributed by atoms with Crippen LogP contribution in [0.25, 0.3) is 5.69 Å². The van der Waals surface area contributed by atoms with E-state index in [1.54, 1.807) is 18.2 Å². The Balaban J connectivity index is 2.04. The number of benzene rings is 2. The molecular weight excluding hydrogens is 498 g/mol. The molecule has 0 radical (unpaired) electrons. The van der Waals surface area contributed by atoms with E-state index in [1.807, 2.05) is 0 Å². The van der Waals surface area contributed by atoms with Gasteiger partial charge in [-0.15, -0.1) is 10.2 Å². The summed E-state index contributed by atoms with van der Waals surface area (Å²) in [5.41, 5.74) is -0.137. The molecule has 0 amide bonds. The molecule has 1 aliphatic heterocycles. The predicted molar refractivity (Wildman–Crippen MR) is 112 cm³/mol. The Morgan fingerprint density at radius 1 is 1.13 bits per heavy atom. The predicted octanol–water partition coefficient (Wildman–Crippen LogP) is 6.64. The zero-order valence-electron chi connectivity index (χ0n) is 15.5. The van der Waals surface area contributed by atoms with Crippen LogP contribution >= 0.6 is 46.6 Å². The van der Waals surface area contributed by atoms with Gasteiger partial charge in [-0.25, -0.2) is 0 Å². The molecule has 0 aliphatic carbocycles. The molecule has 1 aromatic heterocycles. The van der Waals surface area contributed by atoms with Gasteiger partial charge in [0.05, 0.1) is 21.0 Å². The molecule has 0 unspecified atom stereocenters. The zero-order chi connectivity index (χ0) is 22.5. The van der Waals surface area contributed by atoms with Crippen molar-refractivity contribution in [2.45, 2.75) is 23.8 Å². The fraction of sp³-hybridized carbons (Fsp3) is 0.211. The Labute approximate surface area is 193 Å². The number of aromatic nitrogens is 3. The third-order valence-electron chi connectivity index (χ3n) is 4.46. The molecule has 5 nitrogen and oxygen atoms in total. The van der Waals surface area contributed by atoms with Gasteiger partial charge in [0.1, 0.15) is 0 Å². The highest BCUT2D eigenvalue weighted by Gasteiger charge is 2.44. The molecule has 2 heterocycles. The number of hydrogen-bond donors (Lipinski definition) is 0. The molecule has 4 rings (SSSR count). The van der Waals surface area contributed by atoms with Crippen molar-refractivity contribution in [1.82, 2.24) is 14.8 Å². The third-order valence-corrected chi connectivity index (χ3v) is 6.86. The van der Waals surface area contributed by atoms with Crippen LogP contribution in [0, 0.1) is 0 Å². The highest BCUT2D eigenvalue weighted by atomic mass is 35.5. The fourth-order valence-electron chi connectivity index (χ4n) is 3.26. The maximum absolute atomic E-state index is 13.7. The number of carbonyl (C=O) groups excluding carboxylic acids is 1. The Hall–Kier alpha value is -1.94. The maximum atomic E-state index is 13.7. The van der Waals surface area contributed by atoms with Crippen LogP contribution < -0.4 is 0 Å². The van der Waals surface area contributed by atoms with Crippen LogP contribution in [0.15, 0.2) is 36.4 Å². The van der Waals surface area contributed by atoms with Gasteiger partial charge in [-0.2, -0.15) is 13.2 Å². The molecule has 31 heavy (non-hydrogen) atoms. The lowest BCUT2D eigenvalue weighted by molar-refractivity contribution is -0.146. The quantitative estimate of drug-likeness (QED) is 0.363. The second-order valence-corrected chi connectivity index (χ2v) is 8.91. The largest absolute Gasteiger partial charge is 0.452 e. The van der Waals surface area contributed by atoms with E-state index in [0.717, 1.165) is 23.3 Å². The van der Waals surface area contributed by atoms with Gasteiger partial charge >= 0.3 is 12.1 Å². The van der Waals surface area contributed by atoms with E-state index >= 15 is 0 Å². The van der Waals surface area contributed by atoms with Crippen LogP contribution in [0.4, 0.5) is 13.2 Å². The van der Waals surface area contributed by atoms with Gasteiger partial charge in [-0.05, 0) is 35.4 Å². The number of fused-ring (bicyclic) bond motifs is 3. The van der Waals surface area contributed by atoms with Crippen molar-refractivity contribution < 1.29 is 22.7 Å². The molecule has 2 aromatic carbocycles. The normalized spacial score (nSPS) is 18.2. The maximum Gasteiger partial charge on any atom is 0.452 e. The second-order valence-electron chi connectivity index (χ2n) is 6.52. The van der Waals surface area contributed by atoms with Crippen LogP contribution in [-0.4, -0.2) is 20.7 Å². The summed E-state index contributed by atoms with van der Waals surface area (Å²) in [6, 6.07) is 9.37. The van der Waals surface area contributed by atoms with E-state index in [1.165, 1.54) is 18.2 Å². The highest BCUT2D eigenvalue weighted by Crippen LogP contribution is 2.52. The summed E-state index contributed by atoms with van der Waals surface area (Å²) < 4.78 is 47.4. The summed E-state index contributed by atoms with van der Waals surface area (Å²) in [4.78, 5) is 11.7. The molecule has 0 saturated heterocycles. The topological polar surface area (TPSA) is 57.0 Å². The number of esters is 1. The van der Waals surface area contributed by atoms with Crippen molar-refractivity contribution in [3.63, 3.8) is 0 Å². The smallest absolute Gasteiger partial charge is 0.443 e. The van der Waals surface area contributed by atoms with Crippen LogP contribution in [-0.2, 0) is 15.7 Å². The van der Waals surface area contributed by atoms with E-state index in [-0.39, 0.29) is 21.6 Å². The molecule has 2 atom stereocenters. The minimum absolute atomic E-state index is 0.139. The van der Waals surface area contributed by atoms with Crippen LogP contribution in [0.3, 0.4) is 0 Å². The Morgan fingerprint density at radius 2 is 1.87 bits per heavy atom. The first-order chi connectivity index (χ1) is 14.6. The fourth-order valence-corrected chi connectivity index (χ4v) is 5.31. The molecule has 3 aromatic rings. The molecule has 162 valence electrons. The molecule has 0 fully saturated rings. The van der Waals surface area contributed by atoms with Gasteiger partial charge in [-0.3, -0.25) is 9.36 Å². The monoisotopic (exact) mass is 507 g/mol. The molecule has 0 bridgehead atoms. The second kappa shape index (κ2) is 8.20. The first-order valence-electron chi connectivity index (χ1n) is 8.67. The molecule has 0 N–H and O–H groups in total. The van der Waals surface area contributed by atoms with Gasteiger partial charge in [-0.1, -0.05) is 58.7 Å². The van der Waals surface area contributed by atoms with E-state index in [9.17, 15) is 18.0 Å². The van der Waals surface area contributed by atoms with Crippen molar-refractivity contribution in [2.75, 3.05) is 0 Å². The Morgan fingerprint density at radius 3 is 2.55 bits per heavy atom. The summed E-state index contributed by atoms with van der Waals surface area (Å²) in [5, 5.41) is 7.16. The van der Waals surface area contributed by atoms with Gasteiger partial charge < -0.3 is 4.74 Å². The van der Waals surface area contributed by atoms with Crippen LogP contribution in [0.2, 0.25) is 15.1 Å². The number of halogens is 6. The Kier molecular flexibility index (Phi) is 5.89. The van der Waals surface area contributed by atoms with E-state index < -0.39 is 28.7 Å². The first kappa shape index (κ1) is 22.3. The number of rotatable bonds is 2. The van der Waals surface area contributed by atoms with Crippen molar-refractivity contribution in [3.05, 3.63) is 74.2 Å². The summed E-state index contributed by atoms with van der Waals surface area (Å²) in [6.07, 6.45) is -4.80. The average Bonchev–Trinajstić information content (AvgIpc) is 3.08. The highest BCUT2D eigenvalue weighted by molar-refractivity contribution is 7.99. The average molecular weight is 509 g/mol. The van der Waals surface area contributed by atoms with Crippen molar-refractivity contribution >= 4 is 52.5 Å². The molecule has 1 aliphatic rings. The summed E-state index contributed by atoms with van der Waals surface area (Å²) in [5.74, 6) is -2.13. The van der Waals surface area contributed by atoms with Crippen LogP contribution in [0.5, 0.6) is 0 Å². The minimum Gasteiger partial charge on any atom is -0.443 e. The van der Waals surface area contributed by atoms with Crippen molar-refractivity contribution in [2.24, 2.45) is 0 Å². The van der Waals surface area contributed by atoms with Gasteiger partial charge in [0.25, 0.3) is 0 Å². The summed E-state index contributed by atoms with van der Waals surface area (Å²) in [7, 11) is 0. The van der Waals surface area contributed by atoms with E-state index in [2.05, 4.69) is 10.2 Å². The lowest BCUT2D eigenvalue weighted by Crippen LogP contribution is -2.17. The number of nitrogens with zero attached hydrogens (tertiary/aromatic N) is 3. The summed E-state index contributed by atoms with van der Waals surface area (Å²) in [6.45, 7) is 1.15. The lowest BCUT2D eigenvalue weighted by Gasteiger charge is -2.22. The van der Waals surface area contributed by atoms with Crippen molar-refractivity contribution in [3.8, 4) is 5.69 Å². The standard InChI is InChI=1S/C19H11Cl3F3N3O2S/c1-8(29)30-17-16-26-27-18(19(23,24)25)28(16)13-6-5-9(20)7-11(13)15(31-17)10-3-2-4-12(21)14(10)22/h2-7,15,17H,1H3/t15-,17+/m1/s1. The SMILES string of the molecule is CC(=O)O[C@H]1S[C@H](c2cccc(Cl)c2Cl)c2cc(Cl)ccc2-n2c1nnc2C(F)(F)F. The van der Waals surface area contributed by atoms with Gasteiger partial charge in [0, 0.05) is 11.9 Å². The van der Waals surface area contributed by atoms with Crippen molar-refractivity contribution in [1.29, 1.82) is 0 Å². The summed E-state index contributed by atoms with van der Waals surface area (Å²) >= 11 is 19.8.